The Kier molecular flexibility index (Phi) is 7.04. The number of rotatable bonds is 6. The number of nitrogens with two attached hydrogens (primary N) is 1. The summed E-state index contributed by atoms with van der Waals surface area (Å²) in [7, 11) is 0. The molecule has 3 aliphatic rings. The zero-order valence-electron chi connectivity index (χ0n) is 22.6. The molecule has 0 aromatic heterocycles. The van der Waals surface area contributed by atoms with Crippen LogP contribution in [0.2, 0.25) is 0 Å². The first-order chi connectivity index (χ1) is 19.4. The van der Waals surface area contributed by atoms with Gasteiger partial charge in [0.1, 0.15) is 24.1 Å². The molecule has 0 aliphatic carbocycles. The van der Waals surface area contributed by atoms with Gasteiger partial charge in [0, 0.05) is 13.8 Å². The number of aliphatic hydroxyl groups is 3. The summed E-state index contributed by atoms with van der Waals surface area (Å²) in [6.45, 7) is 2.63. The minimum Gasteiger partial charge on any atom is -0.394 e. The highest BCUT2D eigenvalue weighted by Gasteiger charge is 2.70. The highest BCUT2D eigenvalue weighted by atomic mass is 16.6. The Bertz CT molecular complexity index is 1500. The van der Waals surface area contributed by atoms with E-state index in [1.54, 1.807) is 6.08 Å². The van der Waals surface area contributed by atoms with Crippen LogP contribution in [0.25, 0.3) is 16.8 Å². The van der Waals surface area contributed by atoms with Gasteiger partial charge in [-0.25, -0.2) is 4.99 Å². The molecular weight excluding hydrogens is 534 g/mol. The molecule has 2 aromatic rings. The van der Waals surface area contributed by atoms with Crippen molar-refractivity contribution in [3.05, 3.63) is 54.1 Å². The average Bonchev–Trinajstić information content (AvgIpc) is 3.41. The number of hydrogen-bond acceptors (Lipinski definition) is 11. The van der Waals surface area contributed by atoms with E-state index >= 15 is 0 Å². The number of hydrogen-bond donors (Lipinski definition) is 5. The van der Waals surface area contributed by atoms with Crippen LogP contribution in [0.3, 0.4) is 0 Å². The maximum absolute atomic E-state index is 13.7. The number of aliphatic hydroxyl groups excluding tert-OH is 3. The van der Waals surface area contributed by atoms with Crippen molar-refractivity contribution in [2.45, 2.75) is 62.8 Å². The molecule has 0 saturated carbocycles. The van der Waals surface area contributed by atoms with Crippen LogP contribution in [0.15, 0.2) is 53.5 Å². The van der Waals surface area contributed by atoms with Gasteiger partial charge in [-0.2, -0.15) is 0 Å². The number of amides is 2. The summed E-state index contributed by atoms with van der Waals surface area (Å²) >= 11 is 0. The highest BCUT2D eigenvalue weighted by Crippen LogP contribution is 2.42. The number of ether oxygens (including phenoxy) is 1. The molecule has 2 aromatic carbocycles. The van der Waals surface area contributed by atoms with E-state index in [0.717, 1.165) is 42.0 Å². The molecule has 3 heterocycles. The largest absolute Gasteiger partial charge is 0.394 e. The van der Waals surface area contributed by atoms with Gasteiger partial charge in [-0.1, -0.05) is 48.5 Å². The molecule has 3 aliphatic heterocycles. The van der Waals surface area contributed by atoms with Crippen molar-refractivity contribution in [2.75, 3.05) is 6.61 Å². The predicted molar refractivity (Wildman–Crippen MR) is 145 cm³/mol. The van der Waals surface area contributed by atoms with Crippen LogP contribution in [-0.4, -0.2) is 103 Å². The molecule has 13 heteroatoms. The van der Waals surface area contributed by atoms with Gasteiger partial charge >= 0.3 is 0 Å². The number of carbonyl (C=O) groups is 4. The average molecular weight is 566 g/mol. The van der Waals surface area contributed by atoms with Crippen molar-refractivity contribution >= 4 is 46.1 Å². The molecule has 2 fully saturated rings. The lowest BCUT2D eigenvalue weighted by atomic mass is 9.85. The maximum Gasteiger partial charge on any atom is 0.263 e. The van der Waals surface area contributed by atoms with Crippen LogP contribution >= 0.6 is 0 Å². The van der Waals surface area contributed by atoms with E-state index in [1.807, 2.05) is 42.5 Å². The molecule has 5 rings (SSSR count). The van der Waals surface area contributed by atoms with Gasteiger partial charge in [-0.05, 0) is 29.3 Å². The van der Waals surface area contributed by atoms with Gasteiger partial charge in [0.15, 0.2) is 24.0 Å². The van der Waals surface area contributed by atoms with Gasteiger partial charge < -0.3 is 30.3 Å². The quantitative estimate of drug-likeness (QED) is 0.267. The van der Waals surface area contributed by atoms with Crippen LogP contribution in [0, 0.1) is 0 Å². The van der Waals surface area contributed by atoms with Crippen LogP contribution in [-0.2, 0) is 23.9 Å². The van der Waals surface area contributed by atoms with Crippen molar-refractivity contribution in [1.82, 2.24) is 15.1 Å². The van der Waals surface area contributed by atoms with Crippen LogP contribution < -0.4 is 11.1 Å². The fourth-order valence-corrected chi connectivity index (χ4v) is 5.78. The smallest absolute Gasteiger partial charge is 0.263 e. The Labute approximate surface area is 234 Å². The van der Waals surface area contributed by atoms with E-state index in [2.05, 4.69) is 10.3 Å². The van der Waals surface area contributed by atoms with Crippen molar-refractivity contribution in [3.63, 3.8) is 0 Å². The van der Waals surface area contributed by atoms with Crippen molar-refractivity contribution < 1.29 is 39.2 Å². The van der Waals surface area contributed by atoms with Crippen LogP contribution in [0.1, 0.15) is 26.3 Å². The third-order valence-electron chi connectivity index (χ3n) is 7.91. The Hall–Kier alpha value is -4.01. The first kappa shape index (κ1) is 28.5. The number of benzene rings is 2. The summed E-state index contributed by atoms with van der Waals surface area (Å²) < 4.78 is 5.79. The topological polar surface area (TPSA) is 195 Å². The van der Waals surface area contributed by atoms with E-state index in [1.165, 1.54) is 11.0 Å². The van der Waals surface area contributed by atoms with E-state index in [9.17, 15) is 34.5 Å². The number of ketones is 2. The lowest BCUT2D eigenvalue weighted by Gasteiger charge is -2.53. The molecule has 0 bridgehead atoms. The highest BCUT2D eigenvalue weighted by molar-refractivity contribution is 6.18. The molecule has 5 unspecified atom stereocenters. The molecular formula is C28H31N5O8. The van der Waals surface area contributed by atoms with Gasteiger partial charge in [0.2, 0.25) is 17.2 Å². The standard InChI is InChI=1S/C28H31N5O8/c1-14(35)27-25(40)31-28(29,15(2)36)33(16(3)37)26(27)32(24-23(39)22(38)20(13-34)41-24)21(30-27)12-11-18-9-6-8-17-7-4-5-10-19(17)18/h4-12,20,22-24,26,34,38-39H,13,29H2,1-3H3,(H,31,40)/t20-,22?,23?,24-,26?,27?,28?/m1/s1. The molecule has 41 heavy (non-hydrogen) atoms. The normalized spacial score (nSPS) is 33.2. The number of nitrogens with zero attached hydrogens (tertiary/aromatic N) is 3. The summed E-state index contributed by atoms with van der Waals surface area (Å²) in [5.41, 5.74) is 4.77. The number of amidine groups is 1. The number of aliphatic imine (C=N–C) groups is 1. The maximum atomic E-state index is 13.7. The summed E-state index contributed by atoms with van der Waals surface area (Å²) in [5.74, 6) is -5.84. The Morgan fingerprint density at radius 2 is 1.73 bits per heavy atom. The molecule has 216 valence electrons. The summed E-state index contributed by atoms with van der Waals surface area (Å²) in [6.07, 6.45) is -4.48. The summed E-state index contributed by atoms with van der Waals surface area (Å²) in [6, 6.07) is 13.2. The van der Waals surface area contributed by atoms with E-state index in [-0.39, 0.29) is 5.84 Å². The van der Waals surface area contributed by atoms with Crippen LogP contribution in [0.5, 0.6) is 0 Å². The second-order valence-electron chi connectivity index (χ2n) is 10.4. The fraction of sp³-hybridized carbons (Fsp3) is 0.393. The van der Waals surface area contributed by atoms with Gasteiger partial charge in [0.25, 0.3) is 5.91 Å². The fourth-order valence-electron chi connectivity index (χ4n) is 5.78. The summed E-state index contributed by atoms with van der Waals surface area (Å²) in [5, 5.41) is 35.5. The second-order valence-corrected chi connectivity index (χ2v) is 10.4. The molecule has 0 spiro atoms. The third kappa shape index (κ3) is 4.16. The third-order valence-corrected chi connectivity index (χ3v) is 7.91. The first-order valence-electron chi connectivity index (χ1n) is 13.0. The Balaban J connectivity index is 1.73. The molecule has 2 saturated heterocycles. The van der Waals surface area contributed by atoms with Gasteiger partial charge in [0.05, 0.1) is 6.61 Å². The predicted octanol–water partition coefficient (Wildman–Crippen LogP) is -1.16. The lowest BCUT2D eigenvalue weighted by molar-refractivity contribution is -0.184. The van der Waals surface area contributed by atoms with Crippen molar-refractivity contribution in [1.29, 1.82) is 0 Å². The second kappa shape index (κ2) is 10.1. The van der Waals surface area contributed by atoms with Gasteiger partial charge in [-0.3, -0.25) is 29.8 Å². The van der Waals surface area contributed by atoms with E-state index in [4.69, 9.17) is 10.5 Å². The molecule has 2 amide bonds. The van der Waals surface area contributed by atoms with E-state index < -0.39 is 72.0 Å². The van der Waals surface area contributed by atoms with Gasteiger partial charge in [-0.15, -0.1) is 0 Å². The minimum atomic E-state index is -2.37. The SMILES string of the molecule is CC(=O)N1C2N([C@@H]3O[C@H](CO)C(O)C3O)C(C=Cc3cccc4ccccc34)=NC2(C(C)=O)C(=O)NC1(N)C(C)=O. The lowest BCUT2D eigenvalue weighted by Crippen LogP contribution is -2.86. The number of Topliss-reactive ketones (excluding diaryl/α,β-unsaturated/α-hetero) is 2. The number of fused-ring (bicyclic) bond motifs is 2. The molecule has 0 radical (unpaired) electrons. The Morgan fingerprint density at radius 3 is 2.34 bits per heavy atom. The molecule has 7 atom stereocenters. The van der Waals surface area contributed by atoms with Crippen molar-refractivity contribution in [3.8, 4) is 0 Å². The Morgan fingerprint density at radius 1 is 1.05 bits per heavy atom. The zero-order valence-corrected chi connectivity index (χ0v) is 22.6. The summed E-state index contributed by atoms with van der Waals surface area (Å²) in [4.78, 5) is 59.4. The van der Waals surface area contributed by atoms with E-state index in [0.29, 0.717) is 0 Å². The van der Waals surface area contributed by atoms with Crippen molar-refractivity contribution in [2.24, 2.45) is 10.7 Å². The number of nitrogens with one attached hydrogen (secondary N) is 1. The monoisotopic (exact) mass is 565 g/mol. The first-order valence-corrected chi connectivity index (χ1v) is 13.0. The van der Waals surface area contributed by atoms with Crippen LogP contribution in [0.4, 0.5) is 0 Å². The number of carbonyl (C=O) groups excluding carboxylic acids is 4. The molecule has 13 nitrogen and oxygen atoms in total. The zero-order chi connectivity index (χ0) is 29.9. The minimum absolute atomic E-state index is 0.0674. The molecule has 6 N–H and O–H groups in total.